The molecule has 0 saturated carbocycles. The molecule has 0 aromatic rings. The van der Waals surface area contributed by atoms with Gasteiger partial charge in [0.1, 0.15) is 0 Å². The highest BCUT2D eigenvalue weighted by molar-refractivity contribution is 5.78. The van der Waals surface area contributed by atoms with Gasteiger partial charge in [-0.2, -0.15) is 0 Å². The lowest BCUT2D eigenvalue weighted by Crippen LogP contribution is -2.51. The van der Waals surface area contributed by atoms with Gasteiger partial charge in [-0.1, -0.05) is 26.7 Å². The Bertz CT molecular complexity index is 250. The Kier molecular flexibility index (Phi) is 6.65. The summed E-state index contributed by atoms with van der Waals surface area (Å²) >= 11 is 0. The van der Waals surface area contributed by atoms with Gasteiger partial charge >= 0.3 is 0 Å². The summed E-state index contributed by atoms with van der Waals surface area (Å²) in [5.74, 6) is 0.277. The predicted molar refractivity (Wildman–Crippen MR) is 73.5 cm³/mol. The highest BCUT2D eigenvalue weighted by Gasteiger charge is 2.32. The van der Waals surface area contributed by atoms with Crippen LogP contribution in [0.15, 0.2) is 0 Å². The Morgan fingerprint density at radius 1 is 1.44 bits per heavy atom. The molecule has 1 atom stereocenters. The van der Waals surface area contributed by atoms with E-state index in [0.29, 0.717) is 6.54 Å². The fraction of sp³-hybridized carbons (Fsp3) is 0.929. The highest BCUT2D eigenvalue weighted by atomic mass is 16.5. The van der Waals surface area contributed by atoms with Crippen molar-refractivity contribution in [3.8, 4) is 0 Å². The molecule has 1 heterocycles. The highest BCUT2D eigenvalue weighted by Crippen LogP contribution is 2.21. The summed E-state index contributed by atoms with van der Waals surface area (Å²) in [5, 5.41) is 6.38. The molecule has 0 bridgehead atoms. The van der Waals surface area contributed by atoms with E-state index in [4.69, 9.17) is 4.74 Å². The van der Waals surface area contributed by atoms with Crippen LogP contribution < -0.4 is 10.6 Å². The van der Waals surface area contributed by atoms with E-state index >= 15 is 0 Å². The number of carbonyl (C=O) groups is 1. The molecule has 0 aliphatic carbocycles. The molecule has 4 nitrogen and oxygen atoms in total. The van der Waals surface area contributed by atoms with E-state index in [1.165, 1.54) is 0 Å². The number of hydrogen-bond donors (Lipinski definition) is 2. The number of carbonyl (C=O) groups excluding carboxylic acids is 1. The molecule has 1 unspecified atom stereocenters. The molecule has 1 fully saturated rings. The van der Waals surface area contributed by atoms with Crippen molar-refractivity contribution < 1.29 is 9.53 Å². The van der Waals surface area contributed by atoms with Crippen molar-refractivity contribution in [1.29, 1.82) is 0 Å². The van der Waals surface area contributed by atoms with Crippen LogP contribution in [0.2, 0.25) is 0 Å². The monoisotopic (exact) mass is 256 g/mol. The first-order valence-electron chi connectivity index (χ1n) is 7.17. The summed E-state index contributed by atoms with van der Waals surface area (Å²) in [6.45, 7) is 6.73. The molecule has 106 valence electrons. The zero-order valence-corrected chi connectivity index (χ0v) is 12.1. The topological polar surface area (TPSA) is 50.4 Å². The van der Waals surface area contributed by atoms with E-state index in [9.17, 15) is 4.79 Å². The van der Waals surface area contributed by atoms with Gasteiger partial charge in [0.2, 0.25) is 5.91 Å². The standard InChI is InChI=1S/C14H28N2O2/c1-4-5-6-12(2)13(17)16-11-14(18-3)7-9-15-10-8-14/h12,15H,4-11H2,1-3H3,(H,16,17). The lowest BCUT2D eigenvalue weighted by molar-refractivity contribution is -0.126. The van der Waals surface area contributed by atoms with E-state index in [1.54, 1.807) is 7.11 Å². The first-order chi connectivity index (χ1) is 8.63. The second-order valence-electron chi connectivity index (χ2n) is 5.40. The second-order valence-corrected chi connectivity index (χ2v) is 5.40. The van der Waals surface area contributed by atoms with Gasteiger partial charge in [0, 0.05) is 19.6 Å². The van der Waals surface area contributed by atoms with Crippen LogP contribution in [0.5, 0.6) is 0 Å². The molecule has 0 aromatic carbocycles. The Balaban J connectivity index is 2.35. The van der Waals surface area contributed by atoms with E-state index in [0.717, 1.165) is 45.2 Å². The van der Waals surface area contributed by atoms with Gasteiger partial charge in [0.15, 0.2) is 0 Å². The molecular formula is C14H28N2O2. The first kappa shape index (κ1) is 15.4. The van der Waals surface area contributed by atoms with E-state index in [2.05, 4.69) is 17.6 Å². The van der Waals surface area contributed by atoms with Crippen LogP contribution in [0, 0.1) is 5.92 Å². The van der Waals surface area contributed by atoms with Gasteiger partial charge < -0.3 is 15.4 Å². The Hall–Kier alpha value is -0.610. The number of rotatable bonds is 7. The zero-order valence-electron chi connectivity index (χ0n) is 12.1. The lowest BCUT2D eigenvalue weighted by atomic mass is 9.91. The fourth-order valence-corrected chi connectivity index (χ4v) is 2.40. The van der Waals surface area contributed by atoms with Gasteiger partial charge in [0.05, 0.1) is 5.60 Å². The summed E-state index contributed by atoms with van der Waals surface area (Å²) in [6, 6.07) is 0. The largest absolute Gasteiger partial charge is 0.376 e. The maximum absolute atomic E-state index is 12.0. The van der Waals surface area contributed by atoms with Crippen LogP contribution in [0.25, 0.3) is 0 Å². The second kappa shape index (κ2) is 7.74. The summed E-state index contributed by atoms with van der Waals surface area (Å²) in [4.78, 5) is 12.0. The third kappa shape index (κ3) is 4.58. The number of ether oxygens (including phenoxy) is 1. The Labute approximate surface area is 111 Å². The van der Waals surface area contributed by atoms with E-state index < -0.39 is 0 Å². The molecule has 1 rings (SSSR count). The molecule has 1 amide bonds. The van der Waals surface area contributed by atoms with Crippen molar-refractivity contribution in [2.24, 2.45) is 5.92 Å². The van der Waals surface area contributed by atoms with Crippen molar-refractivity contribution in [3.63, 3.8) is 0 Å². The number of nitrogens with one attached hydrogen (secondary N) is 2. The summed E-state index contributed by atoms with van der Waals surface area (Å²) < 4.78 is 5.64. The quantitative estimate of drug-likeness (QED) is 0.729. The van der Waals surface area contributed by atoms with E-state index in [1.807, 2.05) is 6.92 Å². The maximum Gasteiger partial charge on any atom is 0.222 e. The number of amides is 1. The molecule has 0 aromatic heterocycles. The first-order valence-corrected chi connectivity index (χ1v) is 7.17. The normalized spacial score (nSPS) is 20.4. The summed E-state index contributed by atoms with van der Waals surface area (Å²) in [5.41, 5.74) is -0.161. The van der Waals surface area contributed by atoms with Gasteiger partial charge in [-0.15, -0.1) is 0 Å². The number of methoxy groups -OCH3 is 1. The van der Waals surface area contributed by atoms with Crippen molar-refractivity contribution in [1.82, 2.24) is 10.6 Å². The molecular weight excluding hydrogens is 228 g/mol. The average Bonchev–Trinajstić information content (AvgIpc) is 2.43. The van der Waals surface area contributed by atoms with Gasteiger partial charge in [0.25, 0.3) is 0 Å². The molecule has 0 spiro atoms. The minimum Gasteiger partial charge on any atom is -0.376 e. The Morgan fingerprint density at radius 3 is 2.67 bits per heavy atom. The number of hydrogen-bond acceptors (Lipinski definition) is 3. The molecule has 1 saturated heterocycles. The molecule has 2 N–H and O–H groups in total. The molecule has 18 heavy (non-hydrogen) atoms. The summed E-state index contributed by atoms with van der Waals surface area (Å²) in [7, 11) is 1.75. The fourth-order valence-electron chi connectivity index (χ4n) is 2.40. The van der Waals surface area contributed by atoms with Crippen LogP contribution in [0.1, 0.15) is 46.0 Å². The zero-order chi connectivity index (χ0) is 13.4. The van der Waals surface area contributed by atoms with Gasteiger partial charge in [-0.25, -0.2) is 0 Å². The molecule has 1 aliphatic heterocycles. The minimum absolute atomic E-state index is 0.112. The predicted octanol–water partition coefficient (Wildman–Crippen LogP) is 1.70. The van der Waals surface area contributed by atoms with Crippen molar-refractivity contribution >= 4 is 5.91 Å². The minimum atomic E-state index is -0.161. The van der Waals surface area contributed by atoms with Crippen molar-refractivity contribution in [2.75, 3.05) is 26.7 Å². The number of piperidine rings is 1. The van der Waals surface area contributed by atoms with Crippen molar-refractivity contribution in [3.05, 3.63) is 0 Å². The van der Waals surface area contributed by atoms with Crippen LogP contribution in [-0.4, -0.2) is 38.3 Å². The smallest absolute Gasteiger partial charge is 0.222 e. The number of unbranched alkanes of at least 4 members (excludes halogenated alkanes) is 1. The molecule has 0 radical (unpaired) electrons. The third-order valence-corrected chi connectivity index (χ3v) is 3.97. The Morgan fingerprint density at radius 2 is 2.11 bits per heavy atom. The van der Waals surface area contributed by atoms with Crippen LogP contribution >= 0.6 is 0 Å². The molecule has 4 heteroatoms. The van der Waals surface area contributed by atoms with Crippen LogP contribution in [0.4, 0.5) is 0 Å². The SMILES string of the molecule is CCCCC(C)C(=O)NCC1(OC)CCNCC1. The van der Waals surface area contributed by atoms with Crippen molar-refractivity contribution in [2.45, 2.75) is 51.6 Å². The lowest BCUT2D eigenvalue weighted by Gasteiger charge is -2.36. The van der Waals surface area contributed by atoms with Gasteiger partial charge in [-0.05, 0) is 32.4 Å². The average molecular weight is 256 g/mol. The third-order valence-electron chi connectivity index (χ3n) is 3.97. The van der Waals surface area contributed by atoms with Gasteiger partial charge in [-0.3, -0.25) is 4.79 Å². The molecule has 1 aliphatic rings. The van der Waals surface area contributed by atoms with Crippen LogP contribution in [0.3, 0.4) is 0 Å². The maximum atomic E-state index is 12.0. The van der Waals surface area contributed by atoms with Crippen LogP contribution in [-0.2, 0) is 9.53 Å². The summed E-state index contributed by atoms with van der Waals surface area (Å²) in [6.07, 6.45) is 5.17. The van der Waals surface area contributed by atoms with E-state index in [-0.39, 0.29) is 17.4 Å².